The summed E-state index contributed by atoms with van der Waals surface area (Å²) in [5.41, 5.74) is 1.92. The molecule has 0 radical (unpaired) electrons. The fourth-order valence-corrected chi connectivity index (χ4v) is 2.15. The molecule has 6 heteroatoms. The van der Waals surface area contributed by atoms with Gasteiger partial charge in [-0.1, -0.05) is 36.7 Å². The van der Waals surface area contributed by atoms with E-state index in [1.165, 1.54) is 0 Å². The molecule has 1 aromatic carbocycles. The van der Waals surface area contributed by atoms with Crippen LogP contribution in [0.1, 0.15) is 25.1 Å². The number of nitrogens with one attached hydrogen (secondary N) is 1. The van der Waals surface area contributed by atoms with E-state index in [0.717, 1.165) is 24.3 Å². The molecule has 5 nitrogen and oxygen atoms in total. The van der Waals surface area contributed by atoms with E-state index in [1.807, 2.05) is 31.4 Å². The zero-order valence-electron chi connectivity index (χ0n) is 12.6. The fourth-order valence-electron chi connectivity index (χ4n) is 1.89. The number of nitrogens with zero attached hydrogens (tertiary/aromatic N) is 3. The van der Waals surface area contributed by atoms with Crippen LogP contribution in [0, 0.1) is 5.92 Å². The molecule has 0 aliphatic carbocycles. The van der Waals surface area contributed by atoms with E-state index < -0.39 is 0 Å². The van der Waals surface area contributed by atoms with Gasteiger partial charge in [-0.15, -0.1) is 5.10 Å². The van der Waals surface area contributed by atoms with Gasteiger partial charge in [-0.25, -0.2) is 0 Å². The van der Waals surface area contributed by atoms with Crippen molar-refractivity contribution in [1.29, 1.82) is 0 Å². The minimum absolute atomic E-state index is 0.360. The van der Waals surface area contributed by atoms with Gasteiger partial charge < -0.3 is 10.1 Å². The molecule has 0 atom stereocenters. The van der Waals surface area contributed by atoms with Gasteiger partial charge in [0.15, 0.2) is 0 Å². The van der Waals surface area contributed by atoms with Gasteiger partial charge in [0.25, 0.3) is 0 Å². The number of aryl methyl sites for hydroxylation is 1. The lowest BCUT2D eigenvalue weighted by atomic mass is 10.2. The third-order valence-corrected chi connectivity index (χ3v) is 3.20. The second kappa shape index (κ2) is 7.43. The summed E-state index contributed by atoms with van der Waals surface area (Å²) in [5.74, 6) is 1.30. The van der Waals surface area contributed by atoms with E-state index in [9.17, 15) is 0 Å². The first-order valence-electron chi connectivity index (χ1n) is 7.01. The molecule has 0 spiro atoms. The maximum atomic E-state index is 6.25. The molecule has 1 aromatic heterocycles. The monoisotopic (exact) mass is 308 g/mol. The molecule has 0 amide bonds. The Morgan fingerprint density at radius 2 is 2.19 bits per heavy atom. The zero-order chi connectivity index (χ0) is 15.2. The Balaban J connectivity index is 1.89. The number of hydrogen-bond acceptors (Lipinski definition) is 4. The van der Waals surface area contributed by atoms with E-state index in [1.54, 1.807) is 4.68 Å². The van der Waals surface area contributed by atoms with Crippen molar-refractivity contribution >= 4 is 11.6 Å². The summed E-state index contributed by atoms with van der Waals surface area (Å²) in [4.78, 5) is 0. The van der Waals surface area contributed by atoms with Crippen molar-refractivity contribution in [3.05, 3.63) is 40.7 Å². The summed E-state index contributed by atoms with van der Waals surface area (Å²) < 4.78 is 7.31. The van der Waals surface area contributed by atoms with E-state index in [4.69, 9.17) is 16.3 Å². The Kier molecular flexibility index (Phi) is 5.59. The molecule has 0 saturated heterocycles. The van der Waals surface area contributed by atoms with Crippen LogP contribution in [0.25, 0.3) is 0 Å². The molecule has 0 aliphatic heterocycles. The summed E-state index contributed by atoms with van der Waals surface area (Å²) in [6.45, 7) is 6.52. The Hall–Kier alpha value is -1.59. The summed E-state index contributed by atoms with van der Waals surface area (Å²) >= 11 is 6.25. The van der Waals surface area contributed by atoms with Crippen LogP contribution in [0.4, 0.5) is 0 Å². The number of ether oxygens (including phenoxy) is 1. The van der Waals surface area contributed by atoms with Crippen LogP contribution in [-0.4, -0.2) is 21.5 Å². The van der Waals surface area contributed by atoms with Crippen molar-refractivity contribution in [2.45, 2.75) is 27.0 Å². The SMILES string of the molecule is CC(C)CNCc1ccc(OCc2cn(C)nn2)c(Cl)c1. The Morgan fingerprint density at radius 1 is 1.38 bits per heavy atom. The number of halogens is 1. The van der Waals surface area contributed by atoms with Gasteiger partial charge in [0.2, 0.25) is 0 Å². The van der Waals surface area contributed by atoms with E-state index in [2.05, 4.69) is 29.5 Å². The van der Waals surface area contributed by atoms with Crippen LogP contribution in [0.3, 0.4) is 0 Å². The third-order valence-electron chi connectivity index (χ3n) is 2.90. The Morgan fingerprint density at radius 3 is 2.81 bits per heavy atom. The van der Waals surface area contributed by atoms with Crippen LogP contribution >= 0.6 is 11.6 Å². The third kappa shape index (κ3) is 5.02. The second-order valence-corrected chi connectivity index (χ2v) is 5.87. The average molecular weight is 309 g/mol. The van der Waals surface area contributed by atoms with Crippen LogP contribution in [0.2, 0.25) is 5.02 Å². The van der Waals surface area contributed by atoms with Crippen molar-refractivity contribution in [3.63, 3.8) is 0 Å². The number of hydrogen-bond donors (Lipinski definition) is 1. The van der Waals surface area contributed by atoms with Gasteiger partial charge in [-0.05, 0) is 30.2 Å². The molecule has 0 aliphatic rings. The van der Waals surface area contributed by atoms with Crippen molar-refractivity contribution in [2.24, 2.45) is 13.0 Å². The molecule has 2 rings (SSSR count). The summed E-state index contributed by atoms with van der Waals surface area (Å²) in [5, 5.41) is 11.8. The molecule has 0 saturated carbocycles. The maximum Gasteiger partial charge on any atom is 0.138 e. The van der Waals surface area contributed by atoms with Crippen LogP contribution in [-0.2, 0) is 20.2 Å². The second-order valence-electron chi connectivity index (χ2n) is 5.46. The first-order valence-corrected chi connectivity index (χ1v) is 7.39. The first-order chi connectivity index (χ1) is 10.0. The molecular formula is C15H21ClN4O. The highest BCUT2D eigenvalue weighted by Gasteiger charge is 2.05. The predicted molar refractivity (Wildman–Crippen MR) is 83.3 cm³/mol. The lowest BCUT2D eigenvalue weighted by Crippen LogP contribution is -2.18. The number of rotatable bonds is 7. The van der Waals surface area contributed by atoms with Crippen molar-refractivity contribution in [2.75, 3.05) is 6.54 Å². The van der Waals surface area contributed by atoms with Crippen molar-refractivity contribution < 1.29 is 4.74 Å². The standard InChI is InChI=1S/C15H21ClN4O/c1-11(2)7-17-8-12-4-5-15(14(16)6-12)21-10-13-9-20(3)19-18-13/h4-6,9,11,17H,7-8,10H2,1-3H3. The molecule has 114 valence electrons. The molecule has 0 fully saturated rings. The predicted octanol–water partition coefficient (Wildman–Crippen LogP) is 2.79. The molecular weight excluding hydrogens is 288 g/mol. The molecule has 0 unspecified atom stereocenters. The quantitative estimate of drug-likeness (QED) is 0.854. The number of aromatic nitrogens is 3. The fraction of sp³-hybridized carbons (Fsp3) is 0.467. The lowest BCUT2D eigenvalue weighted by Gasteiger charge is -2.10. The number of benzene rings is 1. The van der Waals surface area contributed by atoms with Gasteiger partial charge in [0.05, 0.1) is 11.2 Å². The van der Waals surface area contributed by atoms with Gasteiger partial charge in [0.1, 0.15) is 18.1 Å². The van der Waals surface area contributed by atoms with E-state index in [-0.39, 0.29) is 0 Å². The molecule has 1 N–H and O–H groups in total. The molecule has 0 bridgehead atoms. The summed E-state index contributed by atoms with van der Waals surface area (Å²) in [7, 11) is 1.82. The minimum Gasteiger partial charge on any atom is -0.486 e. The molecule has 2 aromatic rings. The Bertz CT molecular complexity index is 583. The highest BCUT2D eigenvalue weighted by molar-refractivity contribution is 6.32. The summed E-state index contributed by atoms with van der Waals surface area (Å²) in [6.07, 6.45) is 1.82. The highest BCUT2D eigenvalue weighted by Crippen LogP contribution is 2.26. The van der Waals surface area contributed by atoms with Crippen molar-refractivity contribution in [3.8, 4) is 5.75 Å². The van der Waals surface area contributed by atoms with Gasteiger partial charge in [0, 0.05) is 13.6 Å². The summed E-state index contributed by atoms with van der Waals surface area (Å²) in [6, 6.07) is 5.84. The largest absolute Gasteiger partial charge is 0.486 e. The van der Waals surface area contributed by atoms with Crippen LogP contribution in [0.15, 0.2) is 24.4 Å². The molecule has 1 heterocycles. The smallest absolute Gasteiger partial charge is 0.138 e. The zero-order valence-corrected chi connectivity index (χ0v) is 13.4. The van der Waals surface area contributed by atoms with E-state index in [0.29, 0.717) is 23.3 Å². The van der Waals surface area contributed by atoms with Gasteiger partial charge in [-0.2, -0.15) is 0 Å². The maximum absolute atomic E-state index is 6.25. The van der Waals surface area contributed by atoms with Crippen LogP contribution < -0.4 is 10.1 Å². The lowest BCUT2D eigenvalue weighted by molar-refractivity contribution is 0.301. The normalized spacial score (nSPS) is 11.1. The van der Waals surface area contributed by atoms with Gasteiger partial charge in [-0.3, -0.25) is 4.68 Å². The minimum atomic E-state index is 0.360. The first kappa shape index (κ1) is 15.8. The highest BCUT2D eigenvalue weighted by atomic mass is 35.5. The van der Waals surface area contributed by atoms with Crippen LogP contribution in [0.5, 0.6) is 5.75 Å². The average Bonchev–Trinajstić information content (AvgIpc) is 2.83. The van der Waals surface area contributed by atoms with Gasteiger partial charge >= 0.3 is 0 Å². The van der Waals surface area contributed by atoms with E-state index >= 15 is 0 Å². The van der Waals surface area contributed by atoms with Crippen molar-refractivity contribution in [1.82, 2.24) is 20.3 Å². The molecule has 21 heavy (non-hydrogen) atoms. The Labute approximate surface area is 130 Å². The topological polar surface area (TPSA) is 52.0 Å².